The van der Waals surface area contributed by atoms with Gasteiger partial charge in [0.05, 0.1) is 11.0 Å². The van der Waals surface area contributed by atoms with Crippen molar-refractivity contribution < 1.29 is 22.7 Å². The van der Waals surface area contributed by atoms with Gasteiger partial charge in [-0.15, -0.1) is 0 Å². The Kier molecular flexibility index (Phi) is 9.16. The number of halogens is 1. The summed E-state index contributed by atoms with van der Waals surface area (Å²) < 4.78 is 42.4. The maximum atomic E-state index is 14.2. The van der Waals surface area contributed by atoms with Crippen LogP contribution in [0.5, 0.6) is 11.5 Å². The lowest BCUT2D eigenvalue weighted by atomic mass is 10.0. The summed E-state index contributed by atoms with van der Waals surface area (Å²) in [6.07, 6.45) is 5.82. The number of carbonyl (C=O) groups excluding carboxylic acids is 1. The Bertz CT molecular complexity index is 1840. The van der Waals surface area contributed by atoms with Crippen molar-refractivity contribution in [2.75, 3.05) is 19.6 Å². The predicted molar refractivity (Wildman–Crippen MR) is 184 cm³/mol. The van der Waals surface area contributed by atoms with E-state index in [9.17, 15) is 13.2 Å². The minimum absolute atomic E-state index is 0.109. The number of amides is 1. The summed E-state index contributed by atoms with van der Waals surface area (Å²) in [5.41, 5.74) is 8.21. The van der Waals surface area contributed by atoms with Gasteiger partial charge in [-0.2, -0.15) is 4.31 Å². The molecule has 1 amide bonds. The Balaban J connectivity index is 1.10. The van der Waals surface area contributed by atoms with Crippen molar-refractivity contribution in [1.82, 2.24) is 9.21 Å². The Labute approximate surface area is 281 Å². The van der Waals surface area contributed by atoms with Crippen molar-refractivity contribution >= 4 is 38.3 Å². The third-order valence-electron chi connectivity index (χ3n) is 9.66. The summed E-state index contributed by atoms with van der Waals surface area (Å²) in [5.74, 6) is 1.25. The van der Waals surface area contributed by atoms with Gasteiger partial charge in [0.1, 0.15) is 23.6 Å². The van der Waals surface area contributed by atoms with E-state index in [4.69, 9.17) is 26.8 Å². The van der Waals surface area contributed by atoms with Crippen molar-refractivity contribution in [2.24, 2.45) is 5.73 Å². The standard InChI is InChI=1S/C37H40ClN3O5S/c38-29-11-5-25(6-12-29)26-7-13-32(14-8-26)46-34-18-20-41(36(23-34)37(42)40-19-17-30(39)24-40)47(43,44)35-16-10-27-21-33(15-9-28(27)22-35)45-31-3-1-2-4-31/h5-16,21-22,30-31,34,36H,1-4,17-20,23-24,39H2/t30-,34-,36-/m0/s1. The van der Waals surface area contributed by atoms with Crippen molar-refractivity contribution in [3.05, 3.63) is 90.0 Å². The second-order valence-electron chi connectivity index (χ2n) is 13.0. The molecule has 0 bridgehead atoms. The van der Waals surface area contributed by atoms with Crippen LogP contribution in [0, 0.1) is 0 Å². The molecule has 2 heterocycles. The Hall–Kier alpha value is -3.63. The molecule has 0 aromatic heterocycles. The Morgan fingerprint density at radius 3 is 2.09 bits per heavy atom. The van der Waals surface area contributed by atoms with E-state index in [1.807, 2.05) is 72.8 Å². The Morgan fingerprint density at radius 1 is 0.745 bits per heavy atom. The first kappa shape index (κ1) is 31.9. The smallest absolute Gasteiger partial charge is 0.243 e. The highest BCUT2D eigenvalue weighted by Gasteiger charge is 2.44. The summed E-state index contributed by atoms with van der Waals surface area (Å²) >= 11 is 6.04. The lowest BCUT2D eigenvalue weighted by Gasteiger charge is -2.39. The number of nitrogens with two attached hydrogens (primary N) is 1. The molecule has 2 N–H and O–H groups in total. The van der Waals surface area contributed by atoms with Crippen LogP contribution < -0.4 is 15.2 Å². The number of piperidine rings is 1. The van der Waals surface area contributed by atoms with Crippen LogP contribution in [0.15, 0.2) is 89.8 Å². The monoisotopic (exact) mass is 673 g/mol. The fraction of sp³-hybridized carbons (Fsp3) is 0.378. The third-order valence-corrected chi connectivity index (χ3v) is 11.8. The maximum absolute atomic E-state index is 14.2. The van der Waals surface area contributed by atoms with Crippen LogP contribution in [-0.4, -0.2) is 67.5 Å². The number of fused-ring (bicyclic) bond motifs is 1. The van der Waals surface area contributed by atoms with Crippen LogP contribution in [0.4, 0.5) is 0 Å². The number of ether oxygens (including phenoxy) is 2. The highest BCUT2D eigenvalue weighted by Crippen LogP contribution is 2.33. The predicted octanol–water partition coefficient (Wildman–Crippen LogP) is 6.64. The maximum Gasteiger partial charge on any atom is 0.243 e. The van der Waals surface area contributed by atoms with Crippen LogP contribution in [0.3, 0.4) is 0 Å². The average Bonchev–Trinajstić information content (AvgIpc) is 3.76. The molecular weight excluding hydrogens is 634 g/mol. The van der Waals surface area contributed by atoms with E-state index in [0.29, 0.717) is 36.7 Å². The van der Waals surface area contributed by atoms with E-state index in [-0.39, 0.29) is 42.0 Å². The SMILES string of the molecule is N[C@H]1CCN(C(=O)[C@@H]2C[C@@H](Oc3ccc(-c4ccc(Cl)cc4)cc3)CCN2S(=O)(=O)c2ccc3cc(OC4CCCC4)ccc3c2)C1. The van der Waals surface area contributed by atoms with Crippen molar-refractivity contribution in [3.8, 4) is 22.6 Å². The normalized spacial score (nSPS) is 22.5. The van der Waals surface area contributed by atoms with E-state index in [1.165, 1.54) is 17.1 Å². The zero-order chi connectivity index (χ0) is 32.5. The van der Waals surface area contributed by atoms with Gasteiger partial charge < -0.3 is 20.1 Å². The number of hydrogen-bond acceptors (Lipinski definition) is 6. The number of likely N-dealkylation sites (tertiary alicyclic amines) is 1. The van der Waals surface area contributed by atoms with E-state index in [1.54, 1.807) is 17.0 Å². The van der Waals surface area contributed by atoms with Gasteiger partial charge in [0.2, 0.25) is 15.9 Å². The quantitative estimate of drug-likeness (QED) is 0.225. The van der Waals surface area contributed by atoms with Gasteiger partial charge in [0.15, 0.2) is 0 Å². The first-order valence-electron chi connectivity index (χ1n) is 16.5. The van der Waals surface area contributed by atoms with Gasteiger partial charge in [-0.1, -0.05) is 48.0 Å². The van der Waals surface area contributed by atoms with Gasteiger partial charge in [-0.3, -0.25) is 4.79 Å². The van der Waals surface area contributed by atoms with Gasteiger partial charge in [-0.25, -0.2) is 8.42 Å². The number of sulfonamides is 1. The largest absolute Gasteiger partial charge is 0.490 e. The fourth-order valence-electron chi connectivity index (χ4n) is 7.06. The molecule has 0 radical (unpaired) electrons. The van der Waals surface area contributed by atoms with Crippen LogP contribution in [0.1, 0.15) is 44.9 Å². The van der Waals surface area contributed by atoms with E-state index in [2.05, 4.69) is 0 Å². The minimum Gasteiger partial charge on any atom is -0.490 e. The third kappa shape index (κ3) is 6.99. The second kappa shape index (κ2) is 13.5. The van der Waals surface area contributed by atoms with E-state index in [0.717, 1.165) is 40.5 Å². The molecule has 246 valence electrons. The lowest BCUT2D eigenvalue weighted by Crippen LogP contribution is -2.56. The molecule has 2 saturated heterocycles. The molecule has 0 unspecified atom stereocenters. The first-order valence-corrected chi connectivity index (χ1v) is 18.3. The molecule has 2 aliphatic heterocycles. The molecule has 4 aromatic rings. The van der Waals surface area contributed by atoms with Gasteiger partial charge in [0, 0.05) is 37.1 Å². The number of carbonyl (C=O) groups is 1. The van der Waals surface area contributed by atoms with E-state index >= 15 is 0 Å². The highest BCUT2D eigenvalue weighted by molar-refractivity contribution is 7.89. The molecule has 10 heteroatoms. The van der Waals surface area contributed by atoms with Crippen molar-refractivity contribution in [3.63, 3.8) is 0 Å². The molecule has 3 atom stereocenters. The zero-order valence-corrected chi connectivity index (χ0v) is 27.8. The number of nitrogens with zero attached hydrogens (tertiary/aromatic N) is 2. The highest BCUT2D eigenvalue weighted by atomic mass is 35.5. The van der Waals surface area contributed by atoms with Crippen LogP contribution >= 0.6 is 11.6 Å². The first-order chi connectivity index (χ1) is 22.7. The van der Waals surface area contributed by atoms with Gasteiger partial charge >= 0.3 is 0 Å². The molecule has 3 fully saturated rings. The summed E-state index contributed by atoms with van der Waals surface area (Å²) in [5, 5.41) is 2.40. The molecule has 1 saturated carbocycles. The zero-order valence-electron chi connectivity index (χ0n) is 26.3. The average molecular weight is 674 g/mol. The molecule has 8 nitrogen and oxygen atoms in total. The minimum atomic E-state index is -4.00. The molecular formula is C37H40ClN3O5S. The summed E-state index contributed by atoms with van der Waals surface area (Å²) in [6.45, 7) is 1.10. The summed E-state index contributed by atoms with van der Waals surface area (Å²) in [7, 11) is -4.00. The topological polar surface area (TPSA) is 102 Å². The summed E-state index contributed by atoms with van der Waals surface area (Å²) in [4.78, 5) is 15.8. The van der Waals surface area contributed by atoms with Crippen molar-refractivity contribution in [1.29, 1.82) is 0 Å². The van der Waals surface area contributed by atoms with Crippen LogP contribution in [0.2, 0.25) is 5.02 Å². The molecule has 1 aliphatic carbocycles. The Morgan fingerprint density at radius 2 is 1.38 bits per heavy atom. The number of hydrogen-bond donors (Lipinski definition) is 1. The molecule has 4 aromatic carbocycles. The number of rotatable bonds is 8. The second-order valence-corrected chi connectivity index (χ2v) is 15.3. The lowest BCUT2D eigenvalue weighted by molar-refractivity contribution is -0.136. The van der Waals surface area contributed by atoms with Crippen molar-refractivity contribution in [2.45, 2.75) is 74.1 Å². The van der Waals surface area contributed by atoms with Crippen LogP contribution in [-0.2, 0) is 14.8 Å². The molecule has 47 heavy (non-hydrogen) atoms. The molecule has 0 spiro atoms. The van der Waals surface area contributed by atoms with E-state index < -0.39 is 16.1 Å². The molecule has 3 aliphatic rings. The molecule has 7 rings (SSSR count). The fourth-order valence-corrected chi connectivity index (χ4v) is 8.83. The van der Waals surface area contributed by atoms with Gasteiger partial charge in [-0.05, 0) is 109 Å². The van der Waals surface area contributed by atoms with Gasteiger partial charge in [0.25, 0.3) is 0 Å². The summed E-state index contributed by atoms with van der Waals surface area (Å²) in [6, 6.07) is 25.4. The van der Waals surface area contributed by atoms with Crippen LogP contribution in [0.25, 0.3) is 21.9 Å². The number of benzene rings is 4.